The maximum absolute atomic E-state index is 13.1. The lowest BCUT2D eigenvalue weighted by molar-refractivity contribution is -0.124. The zero-order valence-corrected chi connectivity index (χ0v) is 21.3. The van der Waals surface area contributed by atoms with Crippen molar-refractivity contribution < 1.29 is 4.79 Å². The summed E-state index contributed by atoms with van der Waals surface area (Å²) in [7, 11) is 0. The van der Waals surface area contributed by atoms with Crippen LogP contribution in [0.5, 0.6) is 0 Å². The van der Waals surface area contributed by atoms with Crippen LogP contribution in [0, 0.1) is 0 Å². The van der Waals surface area contributed by atoms with Crippen LogP contribution in [0.3, 0.4) is 0 Å². The molecule has 2 atom stereocenters. The van der Waals surface area contributed by atoms with Crippen molar-refractivity contribution in [1.29, 1.82) is 0 Å². The van der Waals surface area contributed by atoms with E-state index in [0.717, 1.165) is 56.1 Å². The number of hydrogen-bond donors (Lipinski definition) is 3. The summed E-state index contributed by atoms with van der Waals surface area (Å²) in [6.07, 6.45) is 7.99. The van der Waals surface area contributed by atoms with Crippen LogP contribution in [0.4, 0.5) is 11.4 Å². The molecule has 2 aromatic rings. The first-order valence-electron chi connectivity index (χ1n) is 12.7. The van der Waals surface area contributed by atoms with Crippen LogP contribution in [0.15, 0.2) is 64.5 Å². The summed E-state index contributed by atoms with van der Waals surface area (Å²) in [6, 6.07) is 18.8. The van der Waals surface area contributed by atoms with E-state index in [1.807, 2.05) is 18.2 Å². The van der Waals surface area contributed by atoms with Gasteiger partial charge in [0, 0.05) is 29.7 Å². The van der Waals surface area contributed by atoms with Gasteiger partial charge in [-0.2, -0.15) is 0 Å². The normalized spacial score (nSPS) is 24.5. The Bertz CT molecular complexity index is 1050. The third-order valence-electron chi connectivity index (χ3n) is 7.72. The number of piperidine rings is 1. The molecule has 2 saturated heterocycles. The van der Waals surface area contributed by atoms with Gasteiger partial charge in [-0.25, -0.2) is 4.99 Å². The Kier molecular flexibility index (Phi) is 7.20. The molecule has 0 bridgehead atoms. The highest BCUT2D eigenvalue weighted by Gasteiger charge is 2.50. The summed E-state index contributed by atoms with van der Waals surface area (Å²) in [5.41, 5.74) is 8.13. The van der Waals surface area contributed by atoms with Gasteiger partial charge >= 0.3 is 0 Å². The standard InChI is InChI=1S/C27H36N6OS/c1-35-24-14-8-7-13-23(24)31-26(30-22-12-6-5-11-21(22)28)32-17-15-27(16-18-32)25(34)29-19-33(27)20-9-3-2-4-10-20/h2-4,7-10,13-14,21-22H,5-6,11-12,15-19,28H2,1H3,(H,29,34)(H,30,31)/t21-,22-/m0/s1. The molecule has 5 rings (SSSR count). The number of nitrogens with one attached hydrogen (secondary N) is 2. The topological polar surface area (TPSA) is 86.0 Å². The van der Waals surface area contributed by atoms with Crippen molar-refractivity contribution in [3.8, 4) is 0 Å². The minimum atomic E-state index is -0.513. The predicted octanol–water partition coefficient (Wildman–Crippen LogP) is 3.87. The molecule has 35 heavy (non-hydrogen) atoms. The SMILES string of the molecule is CSc1ccccc1NC(=N[C@H]1CCCC[C@@H]1N)N1CCC2(CC1)C(=O)NCN2c1ccccc1. The molecule has 2 heterocycles. The number of hydrogen-bond acceptors (Lipinski definition) is 5. The van der Waals surface area contributed by atoms with Crippen molar-refractivity contribution in [1.82, 2.24) is 10.2 Å². The molecule has 3 fully saturated rings. The summed E-state index contributed by atoms with van der Waals surface area (Å²) in [5, 5.41) is 6.76. The van der Waals surface area contributed by atoms with Gasteiger partial charge in [0.15, 0.2) is 5.96 Å². The average molecular weight is 493 g/mol. The van der Waals surface area contributed by atoms with Gasteiger partial charge in [-0.05, 0) is 56.2 Å². The number of benzene rings is 2. The van der Waals surface area contributed by atoms with Gasteiger partial charge in [-0.3, -0.25) is 4.79 Å². The number of amides is 1. The summed E-state index contributed by atoms with van der Waals surface area (Å²) in [6.45, 7) is 2.07. The summed E-state index contributed by atoms with van der Waals surface area (Å²) in [4.78, 5) is 24.1. The van der Waals surface area contributed by atoms with Crippen LogP contribution in [-0.2, 0) is 4.79 Å². The quantitative estimate of drug-likeness (QED) is 0.341. The third kappa shape index (κ3) is 4.86. The van der Waals surface area contributed by atoms with E-state index < -0.39 is 5.54 Å². The van der Waals surface area contributed by atoms with E-state index in [-0.39, 0.29) is 18.0 Å². The molecule has 0 aromatic heterocycles. The van der Waals surface area contributed by atoms with Crippen molar-refractivity contribution in [2.24, 2.45) is 10.7 Å². The molecule has 1 saturated carbocycles. The molecule has 8 heteroatoms. The first-order chi connectivity index (χ1) is 17.1. The number of guanidine groups is 1. The number of aliphatic imine (C=N–C) groups is 1. The Labute approximate surface area is 212 Å². The Morgan fingerprint density at radius 3 is 2.54 bits per heavy atom. The van der Waals surface area contributed by atoms with Crippen molar-refractivity contribution in [3.63, 3.8) is 0 Å². The maximum atomic E-state index is 13.1. The number of carbonyl (C=O) groups excluding carboxylic acids is 1. The predicted molar refractivity (Wildman–Crippen MR) is 145 cm³/mol. The molecule has 2 aliphatic heterocycles. The molecule has 1 amide bonds. The molecule has 4 N–H and O–H groups in total. The second-order valence-electron chi connectivity index (χ2n) is 9.74. The lowest BCUT2D eigenvalue weighted by atomic mass is 9.85. The minimum Gasteiger partial charge on any atom is -0.342 e. The number of rotatable bonds is 4. The second-order valence-corrected chi connectivity index (χ2v) is 10.6. The average Bonchev–Trinajstić information content (AvgIpc) is 3.21. The Morgan fingerprint density at radius 2 is 1.80 bits per heavy atom. The van der Waals surface area contributed by atoms with Crippen molar-refractivity contribution >= 4 is 35.0 Å². The van der Waals surface area contributed by atoms with Crippen LogP contribution < -0.4 is 21.3 Å². The van der Waals surface area contributed by atoms with E-state index in [2.05, 4.69) is 63.1 Å². The zero-order valence-electron chi connectivity index (χ0n) is 20.5. The fraction of sp³-hybridized carbons (Fsp3) is 0.481. The zero-order chi connectivity index (χ0) is 24.3. The van der Waals surface area contributed by atoms with Gasteiger partial charge < -0.3 is 26.2 Å². The highest BCUT2D eigenvalue weighted by atomic mass is 32.2. The number of likely N-dealkylation sites (tertiary alicyclic amines) is 1. The molecule has 0 unspecified atom stereocenters. The number of thioether (sulfide) groups is 1. The van der Waals surface area contributed by atoms with Gasteiger partial charge in [-0.15, -0.1) is 11.8 Å². The highest BCUT2D eigenvalue weighted by Crippen LogP contribution is 2.36. The van der Waals surface area contributed by atoms with Crippen LogP contribution in [0.1, 0.15) is 38.5 Å². The number of para-hydroxylation sites is 2. The first kappa shape index (κ1) is 24.0. The van der Waals surface area contributed by atoms with Gasteiger partial charge in [0.1, 0.15) is 5.54 Å². The molecule has 1 aliphatic carbocycles. The van der Waals surface area contributed by atoms with Gasteiger partial charge in [-0.1, -0.05) is 43.2 Å². The van der Waals surface area contributed by atoms with E-state index in [9.17, 15) is 4.79 Å². The molecule has 7 nitrogen and oxygen atoms in total. The Morgan fingerprint density at radius 1 is 1.09 bits per heavy atom. The lowest BCUT2D eigenvalue weighted by Gasteiger charge is -2.44. The lowest BCUT2D eigenvalue weighted by Crippen LogP contribution is -2.58. The van der Waals surface area contributed by atoms with Crippen LogP contribution in [0.2, 0.25) is 0 Å². The van der Waals surface area contributed by atoms with Crippen molar-refractivity contribution in [3.05, 3.63) is 54.6 Å². The number of anilines is 2. The molecule has 186 valence electrons. The Balaban J connectivity index is 1.39. The fourth-order valence-electron chi connectivity index (χ4n) is 5.64. The molecular weight excluding hydrogens is 456 g/mol. The fourth-order valence-corrected chi connectivity index (χ4v) is 6.19. The van der Waals surface area contributed by atoms with Crippen molar-refractivity contribution in [2.75, 3.05) is 36.2 Å². The molecule has 3 aliphatic rings. The highest BCUT2D eigenvalue weighted by molar-refractivity contribution is 7.98. The van der Waals surface area contributed by atoms with Crippen molar-refractivity contribution in [2.45, 2.75) is 61.0 Å². The van der Waals surface area contributed by atoms with Crippen LogP contribution in [-0.4, -0.2) is 60.4 Å². The first-order valence-corrected chi connectivity index (χ1v) is 13.9. The molecular formula is C27H36N6OS. The molecule has 2 aromatic carbocycles. The van der Waals surface area contributed by atoms with Gasteiger partial charge in [0.05, 0.1) is 18.4 Å². The van der Waals surface area contributed by atoms with Crippen LogP contribution >= 0.6 is 11.8 Å². The molecule has 1 spiro atoms. The van der Waals surface area contributed by atoms with E-state index in [1.54, 1.807) is 11.8 Å². The summed E-state index contributed by atoms with van der Waals surface area (Å²) < 4.78 is 0. The van der Waals surface area contributed by atoms with E-state index >= 15 is 0 Å². The summed E-state index contributed by atoms with van der Waals surface area (Å²) >= 11 is 1.72. The van der Waals surface area contributed by atoms with Gasteiger partial charge in [0.25, 0.3) is 0 Å². The number of nitrogens with zero attached hydrogens (tertiary/aromatic N) is 3. The summed E-state index contributed by atoms with van der Waals surface area (Å²) in [5.74, 6) is 1.02. The monoisotopic (exact) mass is 492 g/mol. The number of nitrogens with two attached hydrogens (primary N) is 1. The number of carbonyl (C=O) groups is 1. The smallest absolute Gasteiger partial charge is 0.247 e. The maximum Gasteiger partial charge on any atom is 0.247 e. The minimum absolute atomic E-state index is 0.0988. The van der Waals surface area contributed by atoms with E-state index in [1.165, 1.54) is 17.7 Å². The van der Waals surface area contributed by atoms with E-state index in [0.29, 0.717) is 6.67 Å². The van der Waals surface area contributed by atoms with E-state index in [4.69, 9.17) is 10.7 Å². The third-order valence-corrected chi connectivity index (χ3v) is 8.51. The van der Waals surface area contributed by atoms with Crippen LogP contribution in [0.25, 0.3) is 0 Å². The molecule has 0 radical (unpaired) electrons. The van der Waals surface area contributed by atoms with Gasteiger partial charge in [0.2, 0.25) is 5.91 Å². The second kappa shape index (κ2) is 10.5. The largest absolute Gasteiger partial charge is 0.342 e. The Hall–Kier alpha value is -2.71.